The summed E-state index contributed by atoms with van der Waals surface area (Å²) in [7, 11) is 0. The largest absolute Gasteiger partial charge is 0.441 e. The first-order chi connectivity index (χ1) is 8.25. The molecule has 0 saturated heterocycles. The van der Waals surface area contributed by atoms with Crippen LogP contribution in [-0.4, -0.2) is 10.8 Å². The molecule has 0 bridgehead atoms. The number of carbonyl (C=O) groups excluding carboxylic acids is 1. The number of para-hydroxylation sites is 1. The van der Waals surface area contributed by atoms with Crippen molar-refractivity contribution in [2.45, 2.75) is 0 Å². The number of aromatic nitrogens is 1. The predicted octanol–water partition coefficient (Wildman–Crippen LogP) is 3.65. The highest BCUT2D eigenvalue weighted by atomic mass is 35.5. The standard InChI is InChI=1S/C13H8ClNO2/c14-12-6-5-11(17-12)13(16)9-7-15-10-4-2-1-3-8(9)10/h1-7,15H. The zero-order valence-corrected chi connectivity index (χ0v) is 9.49. The lowest BCUT2D eigenvalue weighted by Crippen LogP contribution is -1.97. The van der Waals surface area contributed by atoms with E-state index in [1.54, 1.807) is 18.3 Å². The lowest BCUT2D eigenvalue weighted by atomic mass is 10.1. The molecule has 1 N–H and O–H groups in total. The summed E-state index contributed by atoms with van der Waals surface area (Å²) < 4.78 is 5.12. The third-order valence-electron chi connectivity index (χ3n) is 2.63. The van der Waals surface area contributed by atoms with E-state index >= 15 is 0 Å². The van der Waals surface area contributed by atoms with Gasteiger partial charge in [0.1, 0.15) is 0 Å². The molecular formula is C13H8ClNO2. The summed E-state index contributed by atoms with van der Waals surface area (Å²) in [5.41, 5.74) is 1.51. The number of fused-ring (bicyclic) bond motifs is 1. The van der Waals surface area contributed by atoms with Crippen LogP contribution in [0.5, 0.6) is 0 Å². The summed E-state index contributed by atoms with van der Waals surface area (Å²) >= 11 is 5.66. The molecule has 3 nitrogen and oxygen atoms in total. The molecule has 17 heavy (non-hydrogen) atoms. The van der Waals surface area contributed by atoms with Crippen LogP contribution in [0.25, 0.3) is 10.9 Å². The first-order valence-electron chi connectivity index (χ1n) is 5.12. The van der Waals surface area contributed by atoms with Crippen molar-refractivity contribution < 1.29 is 9.21 Å². The maximum atomic E-state index is 12.2. The van der Waals surface area contributed by atoms with Gasteiger partial charge in [0.15, 0.2) is 11.0 Å². The van der Waals surface area contributed by atoms with E-state index in [9.17, 15) is 4.79 Å². The molecule has 1 aromatic carbocycles. The second-order valence-electron chi connectivity index (χ2n) is 3.68. The SMILES string of the molecule is O=C(c1ccc(Cl)o1)c1c[nH]c2ccccc12. The number of halogens is 1. The molecule has 2 heterocycles. The van der Waals surface area contributed by atoms with Crippen molar-refractivity contribution in [3.8, 4) is 0 Å². The molecule has 0 amide bonds. The van der Waals surface area contributed by atoms with Crippen LogP contribution in [0.2, 0.25) is 5.22 Å². The van der Waals surface area contributed by atoms with Crippen LogP contribution in [-0.2, 0) is 0 Å². The number of ketones is 1. The van der Waals surface area contributed by atoms with Crippen molar-refractivity contribution in [2.24, 2.45) is 0 Å². The molecule has 3 rings (SSSR count). The van der Waals surface area contributed by atoms with Gasteiger partial charge in [-0.2, -0.15) is 0 Å². The molecule has 0 aliphatic rings. The van der Waals surface area contributed by atoms with Gasteiger partial charge in [-0.05, 0) is 29.8 Å². The molecule has 0 aliphatic heterocycles. The minimum atomic E-state index is -0.172. The van der Waals surface area contributed by atoms with Crippen molar-refractivity contribution in [3.63, 3.8) is 0 Å². The monoisotopic (exact) mass is 245 g/mol. The number of hydrogen-bond acceptors (Lipinski definition) is 2. The first kappa shape index (κ1) is 10.2. The van der Waals surface area contributed by atoms with E-state index in [2.05, 4.69) is 4.98 Å². The highest BCUT2D eigenvalue weighted by molar-refractivity contribution is 6.29. The molecule has 0 aliphatic carbocycles. The Morgan fingerprint density at radius 3 is 2.76 bits per heavy atom. The fraction of sp³-hybridized carbons (Fsp3) is 0. The van der Waals surface area contributed by atoms with E-state index in [4.69, 9.17) is 16.0 Å². The number of aromatic amines is 1. The maximum Gasteiger partial charge on any atom is 0.230 e. The summed E-state index contributed by atoms with van der Waals surface area (Å²) in [4.78, 5) is 15.2. The molecule has 0 spiro atoms. The summed E-state index contributed by atoms with van der Waals surface area (Å²) in [5, 5.41) is 1.10. The van der Waals surface area contributed by atoms with Crippen molar-refractivity contribution in [3.05, 3.63) is 59.1 Å². The highest BCUT2D eigenvalue weighted by Crippen LogP contribution is 2.22. The summed E-state index contributed by atoms with van der Waals surface area (Å²) in [6.07, 6.45) is 1.68. The first-order valence-corrected chi connectivity index (χ1v) is 5.49. The minimum Gasteiger partial charge on any atom is -0.441 e. The van der Waals surface area contributed by atoms with Crippen molar-refractivity contribution in [1.82, 2.24) is 4.98 Å². The average Bonchev–Trinajstić information content (AvgIpc) is 2.94. The molecule has 0 saturated carbocycles. The highest BCUT2D eigenvalue weighted by Gasteiger charge is 2.16. The van der Waals surface area contributed by atoms with Gasteiger partial charge in [0.05, 0.1) is 5.56 Å². The van der Waals surface area contributed by atoms with E-state index in [0.717, 1.165) is 10.9 Å². The number of benzene rings is 1. The van der Waals surface area contributed by atoms with Gasteiger partial charge in [-0.3, -0.25) is 4.79 Å². The topological polar surface area (TPSA) is 46.0 Å². The molecule has 3 aromatic rings. The van der Waals surface area contributed by atoms with Crippen LogP contribution in [0.15, 0.2) is 47.0 Å². The Morgan fingerprint density at radius 1 is 1.18 bits per heavy atom. The van der Waals surface area contributed by atoms with Crippen LogP contribution >= 0.6 is 11.6 Å². The normalized spacial score (nSPS) is 10.9. The molecule has 2 aromatic heterocycles. The quantitative estimate of drug-likeness (QED) is 0.701. The second kappa shape index (κ2) is 3.79. The Kier molecular flexibility index (Phi) is 2.27. The maximum absolute atomic E-state index is 12.2. The predicted molar refractivity (Wildman–Crippen MR) is 65.4 cm³/mol. The van der Waals surface area contributed by atoms with Crippen LogP contribution in [0, 0.1) is 0 Å². The Hall–Kier alpha value is -2.00. The summed E-state index contributed by atoms with van der Waals surface area (Å²) in [5.74, 6) is 0.0779. The number of rotatable bonds is 2. The van der Waals surface area contributed by atoms with E-state index in [-0.39, 0.29) is 16.8 Å². The Labute approximate surface area is 102 Å². The minimum absolute atomic E-state index is 0.172. The van der Waals surface area contributed by atoms with E-state index < -0.39 is 0 Å². The number of H-pyrrole nitrogens is 1. The third kappa shape index (κ3) is 1.65. The van der Waals surface area contributed by atoms with Gasteiger partial charge in [-0.1, -0.05) is 18.2 Å². The van der Waals surface area contributed by atoms with Gasteiger partial charge in [0, 0.05) is 17.1 Å². The molecule has 0 fully saturated rings. The summed E-state index contributed by atoms with van der Waals surface area (Å²) in [6.45, 7) is 0. The lowest BCUT2D eigenvalue weighted by molar-refractivity contribution is 0.101. The second-order valence-corrected chi connectivity index (χ2v) is 4.05. The van der Waals surface area contributed by atoms with Gasteiger partial charge in [0.25, 0.3) is 0 Å². The molecular weight excluding hydrogens is 238 g/mol. The molecule has 0 unspecified atom stereocenters. The van der Waals surface area contributed by atoms with Crippen LogP contribution in [0.4, 0.5) is 0 Å². The summed E-state index contributed by atoms with van der Waals surface area (Å²) in [6, 6.07) is 10.7. The van der Waals surface area contributed by atoms with Gasteiger partial charge in [0.2, 0.25) is 5.78 Å². The van der Waals surface area contributed by atoms with Gasteiger partial charge < -0.3 is 9.40 Å². The van der Waals surface area contributed by atoms with Gasteiger partial charge in [-0.25, -0.2) is 0 Å². The van der Waals surface area contributed by atoms with Crippen LogP contribution < -0.4 is 0 Å². The molecule has 84 valence electrons. The lowest BCUT2D eigenvalue weighted by Gasteiger charge is -1.95. The molecule has 0 radical (unpaired) electrons. The number of carbonyl (C=O) groups is 1. The van der Waals surface area contributed by atoms with E-state index in [1.165, 1.54) is 0 Å². The number of hydrogen-bond donors (Lipinski definition) is 1. The van der Waals surface area contributed by atoms with Crippen LogP contribution in [0.1, 0.15) is 16.1 Å². The van der Waals surface area contributed by atoms with Gasteiger partial charge >= 0.3 is 0 Å². The van der Waals surface area contributed by atoms with Gasteiger partial charge in [-0.15, -0.1) is 0 Å². The van der Waals surface area contributed by atoms with E-state index in [0.29, 0.717) is 5.56 Å². The van der Waals surface area contributed by atoms with E-state index in [1.807, 2.05) is 24.3 Å². The third-order valence-corrected chi connectivity index (χ3v) is 2.83. The fourth-order valence-electron chi connectivity index (χ4n) is 1.83. The fourth-order valence-corrected chi connectivity index (χ4v) is 1.97. The zero-order valence-electron chi connectivity index (χ0n) is 8.74. The Balaban J connectivity index is 2.13. The zero-order chi connectivity index (χ0) is 11.8. The number of furan rings is 1. The molecule has 0 atom stereocenters. The van der Waals surface area contributed by atoms with Crippen LogP contribution in [0.3, 0.4) is 0 Å². The van der Waals surface area contributed by atoms with Crippen molar-refractivity contribution in [1.29, 1.82) is 0 Å². The smallest absolute Gasteiger partial charge is 0.230 e. The number of nitrogens with one attached hydrogen (secondary N) is 1. The Morgan fingerprint density at radius 2 is 2.00 bits per heavy atom. The van der Waals surface area contributed by atoms with Crippen molar-refractivity contribution in [2.75, 3.05) is 0 Å². The average molecular weight is 246 g/mol. The molecule has 4 heteroatoms. The Bertz CT molecular complexity index is 696. The van der Waals surface area contributed by atoms with Crippen molar-refractivity contribution >= 4 is 28.3 Å².